The number of nitrogens with zero attached hydrogens (tertiary/aromatic N) is 1. The average molecular weight is 492 g/mol. The lowest BCUT2D eigenvalue weighted by atomic mass is 9.97. The zero-order chi connectivity index (χ0) is 25.6. The van der Waals surface area contributed by atoms with E-state index in [2.05, 4.69) is 17.6 Å². The van der Waals surface area contributed by atoms with E-state index in [4.69, 9.17) is 4.74 Å². The summed E-state index contributed by atoms with van der Waals surface area (Å²) in [6.07, 6.45) is 2.60. The van der Waals surface area contributed by atoms with Crippen LogP contribution in [-0.2, 0) is 14.3 Å². The normalized spacial score (nSPS) is 19.2. The molecule has 34 heavy (non-hydrogen) atoms. The summed E-state index contributed by atoms with van der Waals surface area (Å²) in [6.45, 7) is 13.2. The van der Waals surface area contributed by atoms with Gasteiger partial charge in [-0.3, -0.25) is 9.59 Å². The van der Waals surface area contributed by atoms with E-state index in [0.29, 0.717) is 12.2 Å². The van der Waals surface area contributed by atoms with Crippen LogP contribution in [0.1, 0.15) is 71.6 Å². The average Bonchev–Trinajstić information content (AvgIpc) is 3.43. The molecule has 0 bridgehead atoms. The van der Waals surface area contributed by atoms with Gasteiger partial charge in [0.25, 0.3) is 0 Å². The Morgan fingerprint density at radius 3 is 2.29 bits per heavy atom. The summed E-state index contributed by atoms with van der Waals surface area (Å²) in [5, 5.41) is 5.80. The number of ether oxygens (including phenoxy) is 1. The van der Waals surface area contributed by atoms with Crippen molar-refractivity contribution in [3.05, 3.63) is 35.4 Å². The summed E-state index contributed by atoms with van der Waals surface area (Å²) in [5.74, 6) is 0.511. The number of hydrogen-bond donors (Lipinski definition) is 2. The van der Waals surface area contributed by atoms with E-state index in [9.17, 15) is 14.4 Å². The predicted molar refractivity (Wildman–Crippen MR) is 138 cm³/mol. The molecule has 4 unspecified atom stereocenters. The Kier molecular flexibility index (Phi) is 9.85. The third kappa shape index (κ3) is 7.93. The smallest absolute Gasteiger partial charge is 0.408 e. The van der Waals surface area contributed by atoms with Crippen molar-refractivity contribution in [2.75, 3.05) is 12.0 Å². The van der Waals surface area contributed by atoms with Crippen LogP contribution in [0, 0.1) is 12.8 Å². The number of benzene rings is 1. The predicted octanol–water partition coefficient (Wildman–Crippen LogP) is 4.44. The molecule has 0 saturated heterocycles. The standard InChI is InChI=1S/C26H41N3O4S/c1-16(2)27-23(30)22(19-12-10-9-11-17(19)3)29(21-15-18(21)4)24(31)20(13-14-34-8)28-25(32)33-26(5,6)7/h9-12,16,18,20-22H,13-15H2,1-8H3,(H,27,30)(H,28,32). The third-order valence-electron chi connectivity index (χ3n) is 5.72. The van der Waals surface area contributed by atoms with Crippen LogP contribution >= 0.6 is 11.8 Å². The summed E-state index contributed by atoms with van der Waals surface area (Å²) in [4.78, 5) is 41.9. The number of carbonyl (C=O) groups excluding carboxylic acids is 3. The number of rotatable bonds is 10. The maximum Gasteiger partial charge on any atom is 0.408 e. The molecule has 0 radical (unpaired) electrons. The van der Waals surface area contributed by atoms with Gasteiger partial charge in [-0.2, -0.15) is 11.8 Å². The minimum atomic E-state index is -0.784. The van der Waals surface area contributed by atoms with Gasteiger partial charge in [0, 0.05) is 12.1 Å². The number of thioether (sulfide) groups is 1. The van der Waals surface area contributed by atoms with E-state index in [1.54, 1.807) is 37.4 Å². The highest BCUT2D eigenvalue weighted by Gasteiger charge is 2.48. The molecule has 0 aliphatic heterocycles. The molecule has 7 nitrogen and oxygen atoms in total. The molecular weight excluding hydrogens is 450 g/mol. The number of aryl methyl sites for hydroxylation is 1. The maximum absolute atomic E-state index is 14.1. The monoisotopic (exact) mass is 491 g/mol. The minimum absolute atomic E-state index is 0.0627. The lowest BCUT2D eigenvalue weighted by Crippen LogP contribution is -2.54. The fourth-order valence-electron chi connectivity index (χ4n) is 3.97. The molecule has 1 aromatic carbocycles. The van der Waals surface area contributed by atoms with Gasteiger partial charge in [0.15, 0.2) is 0 Å². The van der Waals surface area contributed by atoms with Crippen LogP contribution in [0.15, 0.2) is 24.3 Å². The van der Waals surface area contributed by atoms with Gasteiger partial charge in [-0.15, -0.1) is 0 Å². The maximum atomic E-state index is 14.1. The number of carbonyl (C=O) groups is 3. The summed E-state index contributed by atoms with van der Waals surface area (Å²) in [7, 11) is 0. The van der Waals surface area contributed by atoms with E-state index in [1.807, 2.05) is 51.3 Å². The SMILES string of the molecule is CSCCC(NC(=O)OC(C)(C)C)C(=O)N(C(C(=O)NC(C)C)c1ccccc1C)C1CC1C. The number of hydrogen-bond acceptors (Lipinski definition) is 5. The highest BCUT2D eigenvalue weighted by Crippen LogP contribution is 2.41. The summed E-state index contributed by atoms with van der Waals surface area (Å²) < 4.78 is 5.43. The Morgan fingerprint density at radius 1 is 1.18 bits per heavy atom. The van der Waals surface area contributed by atoms with Gasteiger partial charge in [-0.05, 0) is 83.4 Å². The van der Waals surface area contributed by atoms with Crippen molar-refractivity contribution in [1.29, 1.82) is 0 Å². The Morgan fingerprint density at radius 2 is 1.79 bits per heavy atom. The Bertz CT molecular complexity index is 868. The van der Waals surface area contributed by atoms with Crippen molar-refractivity contribution < 1.29 is 19.1 Å². The molecule has 4 atom stereocenters. The molecule has 190 valence electrons. The largest absolute Gasteiger partial charge is 0.444 e. The van der Waals surface area contributed by atoms with Crippen molar-refractivity contribution in [1.82, 2.24) is 15.5 Å². The van der Waals surface area contributed by atoms with Gasteiger partial charge >= 0.3 is 6.09 Å². The second-order valence-electron chi connectivity index (χ2n) is 10.4. The highest BCUT2D eigenvalue weighted by molar-refractivity contribution is 7.98. The fourth-order valence-corrected chi connectivity index (χ4v) is 4.44. The summed E-state index contributed by atoms with van der Waals surface area (Å²) in [5.41, 5.74) is 1.06. The quantitative estimate of drug-likeness (QED) is 0.505. The topological polar surface area (TPSA) is 87.7 Å². The molecule has 1 aliphatic carbocycles. The second-order valence-corrected chi connectivity index (χ2v) is 11.4. The molecule has 1 saturated carbocycles. The molecule has 3 amide bonds. The van der Waals surface area contributed by atoms with Crippen LogP contribution in [0.4, 0.5) is 4.79 Å². The Balaban J connectivity index is 2.47. The lowest BCUT2D eigenvalue weighted by molar-refractivity contribution is -0.143. The van der Waals surface area contributed by atoms with Gasteiger partial charge in [-0.1, -0.05) is 31.2 Å². The highest BCUT2D eigenvalue weighted by atomic mass is 32.2. The molecule has 0 aromatic heterocycles. The van der Waals surface area contributed by atoms with Crippen molar-refractivity contribution in [2.45, 2.75) is 91.1 Å². The molecule has 8 heteroatoms. The minimum Gasteiger partial charge on any atom is -0.444 e. The van der Waals surface area contributed by atoms with Crippen LogP contribution in [0.2, 0.25) is 0 Å². The Labute approximate surface area is 208 Å². The first-order valence-corrected chi connectivity index (χ1v) is 13.4. The molecule has 0 heterocycles. The van der Waals surface area contributed by atoms with Gasteiger partial charge in [0.2, 0.25) is 11.8 Å². The molecule has 0 spiro atoms. The first-order chi connectivity index (χ1) is 15.9. The van der Waals surface area contributed by atoms with Crippen LogP contribution < -0.4 is 10.6 Å². The zero-order valence-corrected chi connectivity index (χ0v) is 22.6. The van der Waals surface area contributed by atoms with Crippen LogP contribution in [-0.4, -0.2) is 58.5 Å². The van der Waals surface area contributed by atoms with Crippen LogP contribution in [0.3, 0.4) is 0 Å². The van der Waals surface area contributed by atoms with Crippen molar-refractivity contribution >= 4 is 29.7 Å². The molecule has 1 fully saturated rings. The van der Waals surface area contributed by atoms with Gasteiger partial charge in [0.05, 0.1) is 0 Å². The zero-order valence-electron chi connectivity index (χ0n) is 21.8. The van der Waals surface area contributed by atoms with Crippen LogP contribution in [0.5, 0.6) is 0 Å². The molecule has 2 N–H and O–H groups in total. The van der Waals surface area contributed by atoms with Crippen molar-refractivity contribution in [3.63, 3.8) is 0 Å². The number of alkyl carbamates (subject to hydrolysis) is 1. The summed E-state index contributed by atoms with van der Waals surface area (Å²) in [6, 6.07) is 5.98. The number of amides is 3. The first kappa shape index (κ1) is 28.0. The molecule has 1 aliphatic rings. The van der Waals surface area contributed by atoms with Crippen molar-refractivity contribution in [2.24, 2.45) is 5.92 Å². The molecule has 2 rings (SSSR count). The van der Waals surface area contributed by atoms with E-state index in [1.165, 1.54) is 0 Å². The Hall–Kier alpha value is -2.22. The van der Waals surface area contributed by atoms with Crippen LogP contribution in [0.25, 0.3) is 0 Å². The third-order valence-corrected chi connectivity index (χ3v) is 6.36. The first-order valence-electron chi connectivity index (χ1n) is 12.0. The van der Waals surface area contributed by atoms with E-state index >= 15 is 0 Å². The van der Waals surface area contributed by atoms with Gasteiger partial charge in [0.1, 0.15) is 17.7 Å². The molecule has 1 aromatic rings. The van der Waals surface area contributed by atoms with Gasteiger partial charge < -0.3 is 20.3 Å². The van der Waals surface area contributed by atoms with Crippen molar-refractivity contribution in [3.8, 4) is 0 Å². The number of nitrogens with one attached hydrogen (secondary N) is 2. The second kappa shape index (κ2) is 12.0. The fraction of sp³-hybridized carbons (Fsp3) is 0.654. The summed E-state index contributed by atoms with van der Waals surface area (Å²) >= 11 is 1.60. The lowest BCUT2D eigenvalue weighted by Gasteiger charge is -2.36. The van der Waals surface area contributed by atoms with Gasteiger partial charge in [-0.25, -0.2) is 4.79 Å². The van der Waals surface area contributed by atoms with E-state index in [0.717, 1.165) is 17.5 Å². The molecular formula is C26H41N3O4S. The van der Waals surface area contributed by atoms with E-state index < -0.39 is 23.8 Å². The van der Waals surface area contributed by atoms with E-state index in [-0.39, 0.29) is 29.8 Å².